The predicted molar refractivity (Wildman–Crippen MR) is 61.8 cm³/mol. The van der Waals surface area contributed by atoms with Crippen LogP contribution in [0.1, 0.15) is 33.1 Å². The smallest absolute Gasteiger partial charge is 0.169 e. The molecule has 0 radical (unpaired) electrons. The second-order valence-corrected chi connectivity index (χ2v) is 4.92. The predicted octanol–water partition coefficient (Wildman–Crippen LogP) is 2.02. The van der Waals surface area contributed by atoms with Crippen molar-refractivity contribution in [3.63, 3.8) is 0 Å². The van der Waals surface area contributed by atoms with Gasteiger partial charge in [-0.15, -0.1) is 0 Å². The highest BCUT2D eigenvalue weighted by atomic mass is 16.7. The van der Waals surface area contributed by atoms with Gasteiger partial charge in [0.2, 0.25) is 0 Å². The summed E-state index contributed by atoms with van der Waals surface area (Å²) in [7, 11) is 3.37. The van der Waals surface area contributed by atoms with Gasteiger partial charge in [0, 0.05) is 26.8 Å². The van der Waals surface area contributed by atoms with Crippen LogP contribution in [0.15, 0.2) is 0 Å². The molecule has 0 aromatic heterocycles. The van der Waals surface area contributed by atoms with Crippen LogP contribution in [-0.4, -0.2) is 33.1 Å². The van der Waals surface area contributed by atoms with E-state index in [0.29, 0.717) is 6.04 Å². The first-order valence-corrected chi connectivity index (χ1v) is 5.94. The van der Waals surface area contributed by atoms with E-state index in [9.17, 15) is 0 Å². The van der Waals surface area contributed by atoms with Gasteiger partial charge in [-0.05, 0) is 31.1 Å². The van der Waals surface area contributed by atoms with Crippen LogP contribution in [0.25, 0.3) is 0 Å². The first kappa shape index (κ1) is 12.9. The lowest BCUT2D eigenvalue weighted by atomic mass is 9.80. The van der Waals surface area contributed by atoms with Crippen molar-refractivity contribution >= 4 is 0 Å². The van der Waals surface area contributed by atoms with Crippen molar-refractivity contribution in [2.75, 3.05) is 20.8 Å². The number of hydrogen-bond acceptors (Lipinski definition) is 3. The van der Waals surface area contributed by atoms with Crippen LogP contribution in [0.2, 0.25) is 0 Å². The van der Waals surface area contributed by atoms with Crippen molar-refractivity contribution in [1.82, 2.24) is 5.32 Å². The molecule has 3 heteroatoms. The molecule has 0 aromatic carbocycles. The number of nitrogens with one attached hydrogen (secondary N) is 1. The molecule has 1 N–H and O–H groups in total. The van der Waals surface area contributed by atoms with Crippen LogP contribution >= 0.6 is 0 Å². The van der Waals surface area contributed by atoms with E-state index >= 15 is 0 Å². The van der Waals surface area contributed by atoms with Crippen molar-refractivity contribution in [3.8, 4) is 0 Å². The highest BCUT2D eigenvalue weighted by molar-refractivity contribution is 4.79. The van der Waals surface area contributed by atoms with Crippen LogP contribution in [0.3, 0.4) is 0 Å². The fraction of sp³-hybridized carbons (Fsp3) is 1.00. The maximum absolute atomic E-state index is 5.16. The molecule has 1 rings (SSSR count). The lowest BCUT2D eigenvalue weighted by Crippen LogP contribution is -2.41. The molecule has 0 aliphatic heterocycles. The maximum atomic E-state index is 5.16. The number of ether oxygens (including phenoxy) is 2. The van der Waals surface area contributed by atoms with Crippen molar-refractivity contribution in [1.29, 1.82) is 0 Å². The summed E-state index contributed by atoms with van der Waals surface area (Å²) in [4.78, 5) is 0. The molecule has 90 valence electrons. The van der Waals surface area contributed by atoms with Gasteiger partial charge >= 0.3 is 0 Å². The molecule has 0 aromatic rings. The van der Waals surface area contributed by atoms with Gasteiger partial charge in [-0.3, -0.25) is 0 Å². The van der Waals surface area contributed by atoms with Gasteiger partial charge in [-0.2, -0.15) is 0 Å². The highest BCUT2D eigenvalue weighted by Crippen LogP contribution is 2.28. The van der Waals surface area contributed by atoms with E-state index in [1.54, 1.807) is 14.2 Å². The summed E-state index contributed by atoms with van der Waals surface area (Å²) >= 11 is 0. The molecule has 2 atom stereocenters. The summed E-state index contributed by atoms with van der Waals surface area (Å²) in [5.41, 5.74) is 0. The Labute approximate surface area is 93.5 Å². The Morgan fingerprint density at radius 3 is 2.07 bits per heavy atom. The second kappa shape index (κ2) is 6.46. The van der Waals surface area contributed by atoms with Gasteiger partial charge in [0.25, 0.3) is 0 Å². The number of hydrogen-bond donors (Lipinski definition) is 1. The zero-order valence-electron chi connectivity index (χ0n) is 10.5. The second-order valence-electron chi connectivity index (χ2n) is 4.92. The average molecular weight is 215 g/mol. The average Bonchev–Trinajstić information content (AvgIpc) is 2.18. The molecule has 1 fully saturated rings. The van der Waals surface area contributed by atoms with Gasteiger partial charge in [-0.1, -0.05) is 13.8 Å². The summed E-state index contributed by atoms with van der Waals surface area (Å²) < 4.78 is 10.3. The standard InChI is InChI=1S/C12H25NO2/c1-9-5-10(2)7-11(6-9)13-8-12(14-3)15-4/h9-13H,5-8H2,1-4H3. The van der Waals surface area contributed by atoms with E-state index in [-0.39, 0.29) is 6.29 Å². The summed E-state index contributed by atoms with van der Waals surface area (Å²) in [6, 6.07) is 0.636. The fourth-order valence-corrected chi connectivity index (χ4v) is 2.64. The van der Waals surface area contributed by atoms with Gasteiger partial charge in [0.15, 0.2) is 6.29 Å². The first-order chi connectivity index (χ1) is 7.15. The molecule has 1 aliphatic carbocycles. The lowest BCUT2D eigenvalue weighted by Gasteiger charge is -2.32. The van der Waals surface area contributed by atoms with Crippen LogP contribution in [0.5, 0.6) is 0 Å². The van der Waals surface area contributed by atoms with Gasteiger partial charge in [0.1, 0.15) is 0 Å². The Kier molecular flexibility index (Phi) is 5.58. The van der Waals surface area contributed by atoms with Crippen LogP contribution in [0, 0.1) is 11.8 Å². The first-order valence-electron chi connectivity index (χ1n) is 5.94. The zero-order chi connectivity index (χ0) is 11.3. The number of methoxy groups -OCH3 is 2. The minimum atomic E-state index is -0.113. The van der Waals surface area contributed by atoms with E-state index < -0.39 is 0 Å². The van der Waals surface area contributed by atoms with Gasteiger partial charge in [0.05, 0.1) is 0 Å². The van der Waals surface area contributed by atoms with Crippen molar-refractivity contribution < 1.29 is 9.47 Å². The third-order valence-corrected chi connectivity index (χ3v) is 3.28. The molecule has 0 saturated heterocycles. The Morgan fingerprint density at radius 1 is 1.07 bits per heavy atom. The quantitative estimate of drug-likeness (QED) is 0.712. The minimum absolute atomic E-state index is 0.113. The Balaban J connectivity index is 2.25. The van der Waals surface area contributed by atoms with E-state index in [2.05, 4.69) is 19.2 Å². The molecule has 3 nitrogen and oxygen atoms in total. The molecule has 0 heterocycles. The van der Waals surface area contributed by atoms with E-state index in [1.165, 1.54) is 19.3 Å². The largest absolute Gasteiger partial charge is 0.355 e. The number of rotatable bonds is 5. The molecular weight excluding hydrogens is 190 g/mol. The molecule has 0 spiro atoms. The highest BCUT2D eigenvalue weighted by Gasteiger charge is 2.23. The van der Waals surface area contributed by atoms with Gasteiger partial charge < -0.3 is 14.8 Å². The molecule has 0 amide bonds. The summed E-state index contributed by atoms with van der Waals surface area (Å²) in [6.45, 7) is 5.47. The summed E-state index contributed by atoms with van der Waals surface area (Å²) in [6.07, 6.45) is 3.82. The summed E-state index contributed by atoms with van der Waals surface area (Å²) in [5, 5.41) is 3.53. The maximum Gasteiger partial charge on any atom is 0.169 e. The fourth-order valence-electron chi connectivity index (χ4n) is 2.64. The normalized spacial score (nSPS) is 32.2. The van der Waals surface area contributed by atoms with E-state index in [1.807, 2.05) is 0 Å². The van der Waals surface area contributed by atoms with Crippen LogP contribution < -0.4 is 5.32 Å². The Morgan fingerprint density at radius 2 is 1.60 bits per heavy atom. The molecule has 1 aliphatic rings. The minimum Gasteiger partial charge on any atom is -0.355 e. The SMILES string of the molecule is COC(CNC1CC(C)CC(C)C1)OC. The molecule has 2 unspecified atom stereocenters. The van der Waals surface area contributed by atoms with Crippen LogP contribution in [0.4, 0.5) is 0 Å². The van der Waals surface area contributed by atoms with Crippen molar-refractivity contribution in [2.24, 2.45) is 11.8 Å². The molecular formula is C12H25NO2. The van der Waals surface area contributed by atoms with E-state index in [4.69, 9.17) is 9.47 Å². The van der Waals surface area contributed by atoms with Gasteiger partial charge in [-0.25, -0.2) is 0 Å². The lowest BCUT2D eigenvalue weighted by molar-refractivity contribution is -0.101. The Hall–Kier alpha value is -0.120. The monoisotopic (exact) mass is 215 g/mol. The van der Waals surface area contributed by atoms with Crippen LogP contribution in [-0.2, 0) is 9.47 Å². The molecule has 0 bridgehead atoms. The summed E-state index contributed by atoms with van der Waals surface area (Å²) in [5.74, 6) is 1.68. The topological polar surface area (TPSA) is 30.5 Å². The van der Waals surface area contributed by atoms with E-state index in [0.717, 1.165) is 18.4 Å². The van der Waals surface area contributed by atoms with Crippen molar-refractivity contribution in [2.45, 2.75) is 45.4 Å². The zero-order valence-corrected chi connectivity index (χ0v) is 10.5. The molecule has 1 saturated carbocycles. The third kappa shape index (κ3) is 4.49. The third-order valence-electron chi connectivity index (χ3n) is 3.28. The molecule has 15 heavy (non-hydrogen) atoms. The Bertz CT molecular complexity index is 161. The van der Waals surface area contributed by atoms with Crippen molar-refractivity contribution in [3.05, 3.63) is 0 Å².